The van der Waals surface area contributed by atoms with Crippen LogP contribution < -0.4 is 4.72 Å². The normalized spacial score (nSPS) is 17.8. The smallest absolute Gasteiger partial charge is 0.230 e. The Kier molecular flexibility index (Phi) is 6.28. The summed E-state index contributed by atoms with van der Waals surface area (Å²) in [5.41, 5.74) is 1.51. The van der Waals surface area contributed by atoms with E-state index in [2.05, 4.69) is 9.88 Å². The number of aryl methyl sites for hydroxylation is 1. The van der Waals surface area contributed by atoms with Crippen LogP contribution in [0.4, 0.5) is 0 Å². The van der Waals surface area contributed by atoms with Crippen molar-refractivity contribution in [2.45, 2.75) is 31.9 Å². The zero-order chi connectivity index (χ0) is 19.3. The third-order valence-electron chi connectivity index (χ3n) is 4.67. The lowest BCUT2D eigenvalue weighted by Crippen LogP contribution is -2.44. The fraction of sp³-hybridized carbons (Fsp3) is 0.474. The van der Waals surface area contributed by atoms with Gasteiger partial charge in [0.1, 0.15) is 5.76 Å². The van der Waals surface area contributed by atoms with Gasteiger partial charge in [0.15, 0.2) is 0 Å². The van der Waals surface area contributed by atoms with Crippen molar-refractivity contribution >= 4 is 15.9 Å². The summed E-state index contributed by atoms with van der Waals surface area (Å²) in [6, 6.07) is 10.9. The summed E-state index contributed by atoms with van der Waals surface area (Å²) >= 11 is 0. The van der Waals surface area contributed by atoms with E-state index >= 15 is 0 Å². The highest BCUT2D eigenvalue weighted by Crippen LogP contribution is 2.18. The molecule has 1 aliphatic rings. The molecule has 1 N–H and O–H groups in total. The van der Waals surface area contributed by atoms with Crippen LogP contribution >= 0.6 is 0 Å². The minimum absolute atomic E-state index is 0.0111. The molecule has 8 heteroatoms. The molecule has 1 saturated heterocycles. The van der Waals surface area contributed by atoms with Crippen molar-refractivity contribution in [3.05, 3.63) is 53.4 Å². The SMILES string of the molecule is Cc1cc(CC(=O)N2CCC[C@@H](CNS(=O)(=O)Cc3ccccc3)C2)on1. The van der Waals surface area contributed by atoms with Crippen LogP contribution in [-0.2, 0) is 27.0 Å². The number of carbonyl (C=O) groups excluding carboxylic acids is 1. The second-order valence-electron chi connectivity index (χ2n) is 7.05. The van der Waals surface area contributed by atoms with Crippen LogP contribution in [0.2, 0.25) is 0 Å². The minimum atomic E-state index is -3.39. The number of rotatable bonds is 7. The van der Waals surface area contributed by atoms with Gasteiger partial charge in [-0.25, -0.2) is 13.1 Å². The lowest BCUT2D eigenvalue weighted by atomic mass is 9.98. The molecular formula is C19H25N3O4S. The number of hydrogen-bond donors (Lipinski definition) is 1. The van der Waals surface area contributed by atoms with E-state index in [1.807, 2.05) is 25.1 Å². The largest absolute Gasteiger partial charge is 0.361 e. The molecule has 1 fully saturated rings. The zero-order valence-electron chi connectivity index (χ0n) is 15.4. The lowest BCUT2D eigenvalue weighted by molar-refractivity contribution is -0.132. The second kappa shape index (κ2) is 8.67. The molecule has 1 aliphatic heterocycles. The van der Waals surface area contributed by atoms with E-state index in [0.717, 1.165) is 24.1 Å². The summed E-state index contributed by atoms with van der Waals surface area (Å²) < 4.78 is 32.4. The molecule has 2 aromatic rings. The predicted molar refractivity (Wildman–Crippen MR) is 101 cm³/mol. The number of hydrogen-bond acceptors (Lipinski definition) is 5. The first-order valence-corrected chi connectivity index (χ1v) is 10.8. The van der Waals surface area contributed by atoms with Gasteiger partial charge in [-0.05, 0) is 31.2 Å². The van der Waals surface area contributed by atoms with E-state index in [4.69, 9.17) is 4.52 Å². The first-order chi connectivity index (χ1) is 12.9. The number of sulfonamides is 1. The van der Waals surface area contributed by atoms with Crippen LogP contribution in [0, 0.1) is 12.8 Å². The maximum absolute atomic E-state index is 12.5. The summed E-state index contributed by atoms with van der Waals surface area (Å²) in [7, 11) is -3.39. The maximum atomic E-state index is 12.5. The Morgan fingerprint density at radius 3 is 2.81 bits per heavy atom. The van der Waals surface area contributed by atoms with Gasteiger partial charge in [0.25, 0.3) is 0 Å². The van der Waals surface area contributed by atoms with E-state index in [0.29, 0.717) is 25.4 Å². The van der Waals surface area contributed by atoms with Crippen LogP contribution in [0.1, 0.15) is 29.9 Å². The average molecular weight is 391 g/mol. The fourth-order valence-corrected chi connectivity index (χ4v) is 4.53. The highest BCUT2D eigenvalue weighted by Gasteiger charge is 2.25. The molecule has 0 spiro atoms. The predicted octanol–water partition coefficient (Wildman–Crippen LogP) is 1.88. The summed E-state index contributed by atoms with van der Waals surface area (Å²) in [6.07, 6.45) is 1.96. The Labute approximate surface area is 159 Å². The van der Waals surface area contributed by atoms with Gasteiger partial charge in [0, 0.05) is 25.7 Å². The monoisotopic (exact) mass is 391 g/mol. The van der Waals surface area contributed by atoms with Gasteiger partial charge in [0.2, 0.25) is 15.9 Å². The lowest BCUT2D eigenvalue weighted by Gasteiger charge is -2.32. The minimum Gasteiger partial charge on any atom is -0.361 e. The van der Waals surface area contributed by atoms with E-state index < -0.39 is 10.0 Å². The fourth-order valence-electron chi connectivity index (χ4n) is 3.31. The summed E-state index contributed by atoms with van der Waals surface area (Å²) in [5.74, 6) is 0.629. The molecule has 0 radical (unpaired) electrons. The van der Waals surface area contributed by atoms with Gasteiger partial charge in [-0.2, -0.15) is 0 Å². The molecule has 1 aromatic heterocycles. The Morgan fingerprint density at radius 1 is 1.33 bits per heavy atom. The maximum Gasteiger partial charge on any atom is 0.230 e. The second-order valence-corrected chi connectivity index (χ2v) is 8.86. The highest BCUT2D eigenvalue weighted by atomic mass is 32.2. The van der Waals surface area contributed by atoms with Crippen LogP contribution in [0.25, 0.3) is 0 Å². The quantitative estimate of drug-likeness (QED) is 0.778. The highest BCUT2D eigenvalue weighted by molar-refractivity contribution is 7.88. The van der Waals surface area contributed by atoms with E-state index in [1.165, 1.54) is 0 Å². The summed E-state index contributed by atoms with van der Waals surface area (Å²) in [5, 5.41) is 3.80. The molecule has 0 bridgehead atoms. The third-order valence-corrected chi connectivity index (χ3v) is 5.99. The molecule has 27 heavy (non-hydrogen) atoms. The van der Waals surface area contributed by atoms with Gasteiger partial charge in [-0.15, -0.1) is 0 Å². The molecule has 3 rings (SSSR count). The summed E-state index contributed by atoms with van der Waals surface area (Å²) in [4.78, 5) is 14.3. The van der Waals surface area contributed by atoms with Crippen molar-refractivity contribution in [3.8, 4) is 0 Å². The number of benzene rings is 1. The average Bonchev–Trinajstić information content (AvgIpc) is 3.05. The van der Waals surface area contributed by atoms with Gasteiger partial charge in [-0.1, -0.05) is 35.5 Å². The van der Waals surface area contributed by atoms with Crippen LogP contribution in [0.3, 0.4) is 0 Å². The molecular weight excluding hydrogens is 366 g/mol. The number of piperidine rings is 1. The molecule has 1 atom stereocenters. The van der Waals surface area contributed by atoms with Crippen molar-refractivity contribution in [1.29, 1.82) is 0 Å². The third kappa shape index (κ3) is 5.90. The van der Waals surface area contributed by atoms with Crippen molar-refractivity contribution in [1.82, 2.24) is 14.8 Å². The Morgan fingerprint density at radius 2 is 2.11 bits per heavy atom. The van der Waals surface area contributed by atoms with Gasteiger partial charge in [-0.3, -0.25) is 4.79 Å². The number of nitrogens with zero attached hydrogens (tertiary/aromatic N) is 2. The van der Waals surface area contributed by atoms with Gasteiger partial charge in [0.05, 0.1) is 17.9 Å². The topological polar surface area (TPSA) is 92.5 Å². The Balaban J connectivity index is 1.49. The molecule has 1 amide bonds. The van der Waals surface area contributed by atoms with E-state index in [-0.39, 0.29) is 24.0 Å². The number of carbonyl (C=O) groups is 1. The zero-order valence-corrected chi connectivity index (χ0v) is 16.2. The Bertz CT molecular complexity index is 864. The van der Waals surface area contributed by atoms with Crippen molar-refractivity contribution in [2.75, 3.05) is 19.6 Å². The molecule has 146 valence electrons. The number of aromatic nitrogens is 1. The molecule has 0 saturated carbocycles. The molecule has 0 unspecified atom stereocenters. The molecule has 1 aromatic carbocycles. The van der Waals surface area contributed by atoms with Crippen molar-refractivity contribution in [2.24, 2.45) is 5.92 Å². The van der Waals surface area contributed by atoms with E-state index in [1.54, 1.807) is 23.1 Å². The first-order valence-electron chi connectivity index (χ1n) is 9.12. The Hall–Kier alpha value is -2.19. The standard InChI is InChI=1S/C19H25N3O4S/c1-15-10-18(26-21-15)11-19(23)22-9-5-8-17(13-22)12-20-27(24,25)14-16-6-3-2-4-7-16/h2-4,6-7,10,17,20H,5,8-9,11-14H2,1H3/t17-/m0/s1. The van der Waals surface area contributed by atoms with E-state index in [9.17, 15) is 13.2 Å². The van der Waals surface area contributed by atoms with Crippen LogP contribution in [0.15, 0.2) is 40.9 Å². The van der Waals surface area contributed by atoms with Gasteiger partial charge < -0.3 is 9.42 Å². The van der Waals surface area contributed by atoms with Crippen molar-refractivity contribution in [3.63, 3.8) is 0 Å². The number of nitrogens with one attached hydrogen (secondary N) is 1. The van der Waals surface area contributed by atoms with Gasteiger partial charge >= 0.3 is 0 Å². The summed E-state index contributed by atoms with van der Waals surface area (Å²) in [6.45, 7) is 3.41. The molecule has 0 aliphatic carbocycles. The molecule has 2 heterocycles. The number of likely N-dealkylation sites (tertiary alicyclic amines) is 1. The molecule has 7 nitrogen and oxygen atoms in total. The van der Waals surface area contributed by atoms with Crippen LogP contribution in [0.5, 0.6) is 0 Å². The van der Waals surface area contributed by atoms with Crippen LogP contribution in [-0.4, -0.2) is 44.0 Å². The van der Waals surface area contributed by atoms with Crippen molar-refractivity contribution < 1.29 is 17.7 Å². The number of amides is 1. The first kappa shape index (κ1) is 19.6.